The first kappa shape index (κ1) is 14.4. The van der Waals surface area contributed by atoms with E-state index in [2.05, 4.69) is 39.8 Å². The molecule has 0 aromatic heterocycles. The van der Waals surface area contributed by atoms with E-state index < -0.39 is 0 Å². The summed E-state index contributed by atoms with van der Waals surface area (Å²) < 4.78 is 5.58. The molecule has 0 saturated heterocycles. The van der Waals surface area contributed by atoms with Crippen LogP contribution in [-0.2, 0) is 11.2 Å². The Kier molecular flexibility index (Phi) is 3.23. The molecule has 112 valence electrons. The van der Waals surface area contributed by atoms with Gasteiger partial charge in [-0.25, -0.2) is 0 Å². The van der Waals surface area contributed by atoms with Gasteiger partial charge in [-0.2, -0.15) is 0 Å². The van der Waals surface area contributed by atoms with E-state index >= 15 is 0 Å². The van der Waals surface area contributed by atoms with Crippen LogP contribution >= 0.6 is 0 Å². The minimum absolute atomic E-state index is 0.0470. The van der Waals surface area contributed by atoms with Crippen molar-refractivity contribution in [3.8, 4) is 5.75 Å². The highest BCUT2D eigenvalue weighted by Crippen LogP contribution is 2.52. The number of benzene rings is 1. The fourth-order valence-corrected chi connectivity index (χ4v) is 3.90. The van der Waals surface area contributed by atoms with Gasteiger partial charge < -0.3 is 4.74 Å². The fourth-order valence-electron chi connectivity index (χ4n) is 3.90. The van der Waals surface area contributed by atoms with Gasteiger partial charge in [0.1, 0.15) is 5.75 Å². The fraction of sp³-hybridized carbons (Fsp3) is 0.526. The molecular weight excluding hydrogens is 260 g/mol. The molecule has 3 rings (SSSR count). The molecule has 2 nitrogen and oxygen atoms in total. The molecule has 1 unspecified atom stereocenters. The molecule has 2 aliphatic carbocycles. The van der Waals surface area contributed by atoms with E-state index in [9.17, 15) is 4.79 Å². The Morgan fingerprint density at radius 1 is 1.29 bits per heavy atom. The van der Waals surface area contributed by atoms with E-state index in [1.807, 2.05) is 6.08 Å². The minimum atomic E-state index is 0.0470. The van der Waals surface area contributed by atoms with Crippen LogP contribution in [0.15, 0.2) is 18.2 Å². The maximum Gasteiger partial charge on any atom is 0.156 e. The van der Waals surface area contributed by atoms with E-state index in [1.54, 1.807) is 7.11 Å². The molecule has 0 radical (unpaired) electrons. The van der Waals surface area contributed by atoms with Crippen molar-refractivity contribution in [3.63, 3.8) is 0 Å². The summed E-state index contributed by atoms with van der Waals surface area (Å²) >= 11 is 0. The highest BCUT2D eigenvalue weighted by atomic mass is 16.5. The summed E-state index contributed by atoms with van der Waals surface area (Å²) in [6, 6.07) is 4.43. The Morgan fingerprint density at radius 3 is 2.62 bits per heavy atom. The zero-order valence-corrected chi connectivity index (χ0v) is 13.6. The van der Waals surface area contributed by atoms with Gasteiger partial charge in [-0.3, -0.25) is 4.79 Å². The van der Waals surface area contributed by atoms with Crippen molar-refractivity contribution in [3.05, 3.63) is 34.9 Å². The quantitative estimate of drug-likeness (QED) is 0.806. The molecule has 2 heteroatoms. The molecule has 0 amide bonds. The monoisotopic (exact) mass is 284 g/mol. The van der Waals surface area contributed by atoms with Gasteiger partial charge in [0.25, 0.3) is 0 Å². The van der Waals surface area contributed by atoms with Crippen LogP contribution in [0.25, 0.3) is 5.57 Å². The van der Waals surface area contributed by atoms with Crippen LogP contribution in [0.5, 0.6) is 5.75 Å². The van der Waals surface area contributed by atoms with Gasteiger partial charge >= 0.3 is 0 Å². The normalized spacial score (nSPS) is 22.9. The second kappa shape index (κ2) is 4.72. The molecule has 0 spiro atoms. The van der Waals surface area contributed by atoms with Crippen LogP contribution in [0, 0.1) is 11.3 Å². The number of hydrogen-bond acceptors (Lipinski definition) is 2. The first-order valence-electron chi connectivity index (χ1n) is 7.79. The molecule has 1 atom stereocenters. The maximum atomic E-state index is 12.1. The highest BCUT2D eigenvalue weighted by molar-refractivity contribution is 6.01. The van der Waals surface area contributed by atoms with Gasteiger partial charge in [0.05, 0.1) is 7.11 Å². The summed E-state index contributed by atoms with van der Waals surface area (Å²) in [6.07, 6.45) is 3.57. The second-order valence-corrected chi connectivity index (χ2v) is 7.39. The lowest BCUT2D eigenvalue weighted by Gasteiger charge is -2.35. The highest BCUT2D eigenvalue weighted by Gasteiger charge is 2.42. The third-order valence-electron chi connectivity index (χ3n) is 5.08. The first-order chi connectivity index (χ1) is 9.83. The summed E-state index contributed by atoms with van der Waals surface area (Å²) in [6.45, 7) is 8.82. The van der Waals surface area contributed by atoms with Gasteiger partial charge in [-0.05, 0) is 58.1 Å². The van der Waals surface area contributed by atoms with Crippen molar-refractivity contribution < 1.29 is 9.53 Å². The molecular formula is C19H24O2. The van der Waals surface area contributed by atoms with Crippen molar-refractivity contribution in [2.45, 2.75) is 46.5 Å². The number of carbonyl (C=O) groups excluding carboxylic acids is 1. The molecule has 0 aliphatic heterocycles. The molecule has 2 aliphatic rings. The van der Waals surface area contributed by atoms with Crippen LogP contribution in [0.4, 0.5) is 0 Å². The van der Waals surface area contributed by atoms with Crippen LogP contribution in [0.1, 0.15) is 56.7 Å². The Hall–Kier alpha value is -1.57. The second-order valence-electron chi connectivity index (χ2n) is 7.39. The molecule has 0 heterocycles. The Bertz CT molecular complexity index is 635. The Balaban J connectivity index is 2.16. The van der Waals surface area contributed by atoms with Gasteiger partial charge in [0.2, 0.25) is 0 Å². The predicted octanol–water partition coefficient (Wildman–Crippen LogP) is 4.37. The standard InChI is InChI=1S/C19H24O2/c1-11(2)14-6-12-7-17-16(15(12)9-18(14)21-5)8-13(20)10-19(17,3)4/h6,8-9,11,17H,7,10H2,1-5H3. The van der Waals surface area contributed by atoms with Crippen molar-refractivity contribution >= 4 is 11.4 Å². The minimum Gasteiger partial charge on any atom is -0.496 e. The number of ketones is 1. The van der Waals surface area contributed by atoms with Crippen molar-refractivity contribution in [1.29, 1.82) is 0 Å². The zero-order chi connectivity index (χ0) is 15.4. The third-order valence-corrected chi connectivity index (χ3v) is 5.08. The lowest BCUT2D eigenvalue weighted by atomic mass is 9.68. The average Bonchev–Trinajstić information content (AvgIpc) is 2.75. The topological polar surface area (TPSA) is 26.3 Å². The molecule has 0 saturated carbocycles. The lowest BCUT2D eigenvalue weighted by molar-refractivity contribution is -0.117. The number of ether oxygens (including phenoxy) is 1. The van der Waals surface area contributed by atoms with E-state index in [0.29, 0.717) is 18.3 Å². The summed E-state index contributed by atoms with van der Waals surface area (Å²) in [5, 5.41) is 0. The molecule has 1 aromatic carbocycles. The first-order valence-corrected chi connectivity index (χ1v) is 7.79. The molecule has 0 fully saturated rings. The van der Waals surface area contributed by atoms with Crippen molar-refractivity contribution in [1.82, 2.24) is 0 Å². The molecule has 0 bridgehead atoms. The molecule has 0 N–H and O–H groups in total. The van der Waals surface area contributed by atoms with Gasteiger partial charge in [-0.1, -0.05) is 33.8 Å². The van der Waals surface area contributed by atoms with E-state index in [4.69, 9.17) is 4.74 Å². The zero-order valence-electron chi connectivity index (χ0n) is 13.6. The smallest absolute Gasteiger partial charge is 0.156 e. The average molecular weight is 284 g/mol. The van der Waals surface area contributed by atoms with E-state index in [-0.39, 0.29) is 11.2 Å². The summed E-state index contributed by atoms with van der Waals surface area (Å²) in [7, 11) is 1.73. The number of rotatable bonds is 2. The third kappa shape index (κ3) is 2.21. The van der Waals surface area contributed by atoms with Crippen LogP contribution in [0.3, 0.4) is 0 Å². The van der Waals surface area contributed by atoms with Crippen LogP contribution in [0.2, 0.25) is 0 Å². The number of methoxy groups -OCH3 is 1. The van der Waals surface area contributed by atoms with Gasteiger partial charge in [-0.15, -0.1) is 0 Å². The lowest BCUT2D eigenvalue weighted by Crippen LogP contribution is -2.30. The van der Waals surface area contributed by atoms with Gasteiger partial charge in [0, 0.05) is 6.42 Å². The summed E-state index contributed by atoms with van der Waals surface area (Å²) in [5.74, 6) is 2.10. The number of fused-ring (bicyclic) bond motifs is 3. The van der Waals surface area contributed by atoms with E-state index in [1.165, 1.54) is 22.3 Å². The van der Waals surface area contributed by atoms with Crippen molar-refractivity contribution in [2.24, 2.45) is 11.3 Å². The predicted molar refractivity (Wildman–Crippen MR) is 85.7 cm³/mol. The number of allylic oxidation sites excluding steroid dienone is 2. The maximum absolute atomic E-state index is 12.1. The Morgan fingerprint density at radius 2 is 2.00 bits per heavy atom. The molecule has 21 heavy (non-hydrogen) atoms. The number of hydrogen-bond donors (Lipinski definition) is 0. The van der Waals surface area contributed by atoms with E-state index in [0.717, 1.165) is 12.2 Å². The number of carbonyl (C=O) groups is 1. The summed E-state index contributed by atoms with van der Waals surface area (Å²) in [5.41, 5.74) is 5.13. The summed E-state index contributed by atoms with van der Waals surface area (Å²) in [4.78, 5) is 12.1. The largest absolute Gasteiger partial charge is 0.496 e. The van der Waals surface area contributed by atoms with Crippen LogP contribution in [-0.4, -0.2) is 12.9 Å². The van der Waals surface area contributed by atoms with Gasteiger partial charge in [0.15, 0.2) is 5.78 Å². The Labute approximate surface area is 127 Å². The molecule has 1 aromatic rings. The van der Waals surface area contributed by atoms with Crippen LogP contribution < -0.4 is 4.74 Å². The SMILES string of the molecule is COc1cc2c(cc1C(C)C)CC1C2=CC(=O)CC1(C)C. The van der Waals surface area contributed by atoms with Crippen molar-refractivity contribution in [2.75, 3.05) is 7.11 Å².